The molecule has 0 bridgehead atoms. The molecule has 0 N–H and O–H groups in total. The average molecular weight is 274 g/mol. The molecule has 5 heteroatoms. The molecule has 2 rings (SSSR count). The van der Waals surface area contributed by atoms with Crippen molar-refractivity contribution in [1.82, 2.24) is 9.55 Å². The average Bonchev–Trinajstić information content (AvgIpc) is 2.78. The van der Waals surface area contributed by atoms with Crippen molar-refractivity contribution in [2.45, 2.75) is 27.3 Å². The number of para-hydroxylation sites is 2. The third-order valence-corrected chi connectivity index (χ3v) is 3.03. The van der Waals surface area contributed by atoms with Gasteiger partial charge in [0.2, 0.25) is 0 Å². The van der Waals surface area contributed by atoms with Gasteiger partial charge in [-0.25, -0.2) is 4.98 Å². The number of carbonyl (C=O) groups excluding carboxylic acids is 2. The summed E-state index contributed by atoms with van der Waals surface area (Å²) in [5.41, 5.74) is 1.19. The number of carbonyl (C=O) groups is 2. The Hall–Kier alpha value is -2.17. The Morgan fingerprint density at radius 2 is 1.95 bits per heavy atom. The first kappa shape index (κ1) is 14.2. The van der Waals surface area contributed by atoms with Crippen LogP contribution in [0, 0.1) is 5.41 Å². The zero-order valence-electron chi connectivity index (χ0n) is 11.9. The third kappa shape index (κ3) is 3.23. The fourth-order valence-electron chi connectivity index (χ4n) is 1.68. The van der Waals surface area contributed by atoms with Gasteiger partial charge in [0.1, 0.15) is 6.54 Å². The van der Waals surface area contributed by atoms with E-state index in [0.717, 1.165) is 11.0 Å². The zero-order chi connectivity index (χ0) is 14.8. The number of ketones is 1. The molecule has 0 unspecified atom stereocenters. The first-order chi connectivity index (χ1) is 9.38. The summed E-state index contributed by atoms with van der Waals surface area (Å²) in [5, 5.41) is 0. The van der Waals surface area contributed by atoms with E-state index >= 15 is 0 Å². The maximum atomic E-state index is 11.8. The number of esters is 1. The van der Waals surface area contributed by atoms with Gasteiger partial charge in [-0.1, -0.05) is 32.9 Å². The Morgan fingerprint density at radius 3 is 2.65 bits per heavy atom. The van der Waals surface area contributed by atoms with Crippen LogP contribution in [0.4, 0.5) is 0 Å². The summed E-state index contributed by atoms with van der Waals surface area (Å²) in [7, 11) is 0. The Morgan fingerprint density at radius 1 is 1.25 bits per heavy atom. The number of nitrogens with zero attached hydrogens (tertiary/aromatic N) is 2. The Balaban J connectivity index is 1.97. The van der Waals surface area contributed by atoms with Crippen LogP contribution >= 0.6 is 0 Å². The second-order valence-electron chi connectivity index (χ2n) is 5.70. The molecule has 0 aliphatic carbocycles. The van der Waals surface area contributed by atoms with E-state index in [1.54, 1.807) is 31.7 Å². The lowest BCUT2D eigenvalue weighted by Crippen LogP contribution is -2.27. The fraction of sp³-hybridized carbons (Fsp3) is 0.400. The number of hydrogen-bond acceptors (Lipinski definition) is 4. The van der Waals surface area contributed by atoms with Crippen molar-refractivity contribution >= 4 is 22.8 Å². The van der Waals surface area contributed by atoms with E-state index in [9.17, 15) is 9.59 Å². The van der Waals surface area contributed by atoms with Crippen LogP contribution in [0.5, 0.6) is 0 Å². The number of benzene rings is 1. The van der Waals surface area contributed by atoms with Crippen LogP contribution in [0.1, 0.15) is 20.8 Å². The van der Waals surface area contributed by atoms with Crippen LogP contribution in [-0.2, 0) is 20.9 Å². The highest BCUT2D eigenvalue weighted by Gasteiger charge is 2.22. The molecule has 0 spiro atoms. The zero-order valence-corrected chi connectivity index (χ0v) is 11.9. The second-order valence-corrected chi connectivity index (χ2v) is 5.70. The van der Waals surface area contributed by atoms with E-state index in [2.05, 4.69) is 4.98 Å². The molecule has 0 aliphatic rings. The molecule has 0 radical (unpaired) electrons. The molecular weight excluding hydrogens is 256 g/mol. The Bertz CT molecular complexity index is 638. The first-order valence-corrected chi connectivity index (χ1v) is 6.47. The van der Waals surface area contributed by atoms with E-state index in [0.29, 0.717) is 0 Å². The van der Waals surface area contributed by atoms with Crippen LogP contribution in [-0.4, -0.2) is 27.9 Å². The maximum Gasteiger partial charge on any atom is 0.326 e. The molecular formula is C15H18N2O3. The van der Waals surface area contributed by atoms with E-state index in [4.69, 9.17) is 4.74 Å². The Labute approximate surface area is 117 Å². The molecule has 20 heavy (non-hydrogen) atoms. The molecule has 1 heterocycles. The topological polar surface area (TPSA) is 61.2 Å². The Kier molecular flexibility index (Phi) is 3.88. The van der Waals surface area contributed by atoms with Crippen molar-refractivity contribution in [1.29, 1.82) is 0 Å². The van der Waals surface area contributed by atoms with Crippen molar-refractivity contribution in [3.8, 4) is 0 Å². The smallest absolute Gasteiger partial charge is 0.326 e. The molecule has 0 fully saturated rings. The SMILES string of the molecule is CC(C)(C)C(=O)COC(=O)Cn1cnc2ccccc21. The molecule has 0 atom stereocenters. The lowest BCUT2D eigenvalue weighted by Gasteiger charge is -2.16. The third-order valence-electron chi connectivity index (χ3n) is 3.03. The summed E-state index contributed by atoms with van der Waals surface area (Å²) in [6, 6.07) is 7.53. The first-order valence-electron chi connectivity index (χ1n) is 6.47. The van der Waals surface area contributed by atoms with Gasteiger partial charge in [0.15, 0.2) is 12.4 Å². The lowest BCUT2D eigenvalue weighted by atomic mass is 9.91. The summed E-state index contributed by atoms with van der Waals surface area (Å²) in [5.74, 6) is -0.535. The van der Waals surface area contributed by atoms with Gasteiger partial charge >= 0.3 is 5.97 Å². The normalized spacial score (nSPS) is 11.6. The van der Waals surface area contributed by atoms with Crippen molar-refractivity contribution in [3.05, 3.63) is 30.6 Å². The van der Waals surface area contributed by atoms with Gasteiger partial charge in [-0.05, 0) is 12.1 Å². The largest absolute Gasteiger partial charge is 0.456 e. The number of aromatic nitrogens is 2. The lowest BCUT2D eigenvalue weighted by molar-refractivity contribution is -0.150. The van der Waals surface area contributed by atoms with Gasteiger partial charge in [-0.15, -0.1) is 0 Å². The van der Waals surface area contributed by atoms with Gasteiger partial charge in [-0.2, -0.15) is 0 Å². The molecule has 5 nitrogen and oxygen atoms in total. The van der Waals surface area contributed by atoms with Gasteiger partial charge < -0.3 is 9.30 Å². The number of imidazole rings is 1. The van der Waals surface area contributed by atoms with E-state index < -0.39 is 11.4 Å². The minimum atomic E-state index is -0.498. The van der Waals surface area contributed by atoms with Crippen LogP contribution in [0.2, 0.25) is 0 Å². The van der Waals surface area contributed by atoms with Crippen LogP contribution < -0.4 is 0 Å². The monoisotopic (exact) mass is 274 g/mol. The van der Waals surface area contributed by atoms with Crippen molar-refractivity contribution < 1.29 is 14.3 Å². The minimum Gasteiger partial charge on any atom is -0.456 e. The highest BCUT2D eigenvalue weighted by atomic mass is 16.5. The second kappa shape index (κ2) is 5.45. The van der Waals surface area contributed by atoms with Gasteiger partial charge in [0, 0.05) is 5.41 Å². The van der Waals surface area contributed by atoms with E-state index in [1.165, 1.54) is 0 Å². The molecule has 0 aliphatic heterocycles. The number of rotatable bonds is 4. The number of fused-ring (bicyclic) bond motifs is 1. The highest BCUT2D eigenvalue weighted by molar-refractivity contribution is 5.86. The van der Waals surface area contributed by atoms with E-state index in [1.807, 2.05) is 24.3 Å². The fourth-order valence-corrected chi connectivity index (χ4v) is 1.68. The van der Waals surface area contributed by atoms with Gasteiger partial charge in [-0.3, -0.25) is 9.59 Å². The molecule has 106 valence electrons. The highest BCUT2D eigenvalue weighted by Crippen LogP contribution is 2.15. The molecule has 1 aromatic carbocycles. The summed E-state index contributed by atoms with van der Waals surface area (Å²) >= 11 is 0. The predicted octanol–water partition coefficient (Wildman–Crippen LogP) is 2.19. The number of ether oxygens (including phenoxy) is 1. The summed E-state index contributed by atoms with van der Waals surface area (Å²) in [6.45, 7) is 5.26. The van der Waals surface area contributed by atoms with E-state index in [-0.39, 0.29) is 18.9 Å². The van der Waals surface area contributed by atoms with Crippen LogP contribution in [0.25, 0.3) is 11.0 Å². The standard InChI is InChI=1S/C15H18N2O3/c1-15(2,3)13(18)9-20-14(19)8-17-10-16-11-6-4-5-7-12(11)17/h4-7,10H,8-9H2,1-3H3. The number of hydrogen-bond donors (Lipinski definition) is 0. The summed E-state index contributed by atoms with van der Waals surface area (Å²) in [4.78, 5) is 27.6. The molecule has 0 saturated carbocycles. The van der Waals surface area contributed by atoms with Gasteiger partial charge in [0.05, 0.1) is 17.4 Å². The summed E-state index contributed by atoms with van der Waals surface area (Å²) < 4.78 is 6.72. The summed E-state index contributed by atoms with van der Waals surface area (Å²) in [6.07, 6.45) is 1.59. The van der Waals surface area contributed by atoms with Crippen molar-refractivity contribution in [2.75, 3.05) is 6.61 Å². The molecule has 0 saturated heterocycles. The molecule has 0 amide bonds. The number of Topliss-reactive ketones (excluding diaryl/α,β-unsaturated/α-hetero) is 1. The van der Waals surface area contributed by atoms with Crippen LogP contribution in [0.3, 0.4) is 0 Å². The predicted molar refractivity (Wildman–Crippen MR) is 75.2 cm³/mol. The molecule has 2 aromatic rings. The van der Waals surface area contributed by atoms with Crippen molar-refractivity contribution in [2.24, 2.45) is 5.41 Å². The quantitative estimate of drug-likeness (QED) is 0.802. The van der Waals surface area contributed by atoms with Crippen molar-refractivity contribution in [3.63, 3.8) is 0 Å². The van der Waals surface area contributed by atoms with Gasteiger partial charge in [0.25, 0.3) is 0 Å². The van der Waals surface area contributed by atoms with Crippen LogP contribution in [0.15, 0.2) is 30.6 Å². The maximum absolute atomic E-state index is 11.8. The molecule has 1 aromatic heterocycles. The minimum absolute atomic E-state index is 0.0535.